The van der Waals surface area contributed by atoms with Crippen molar-refractivity contribution >= 4 is 24.0 Å². The molecule has 58 valence electrons. The minimum absolute atomic E-state index is 0. The monoisotopic (exact) mass is 246 g/mol. The summed E-state index contributed by atoms with van der Waals surface area (Å²) >= 11 is 0. The lowest BCUT2D eigenvalue weighted by Gasteiger charge is -1.93. The van der Waals surface area contributed by atoms with E-state index in [0.717, 1.165) is 25.7 Å². The van der Waals surface area contributed by atoms with Gasteiger partial charge in [-0.15, -0.1) is 24.0 Å². The molecule has 0 atom stereocenters. The third-order valence-corrected chi connectivity index (χ3v) is 1.07. The zero-order chi connectivity index (χ0) is 6.24. The molecule has 0 aliphatic rings. The fourth-order valence-corrected chi connectivity index (χ4v) is 0.577. The maximum atomic E-state index is 8.30. The number of aliphatic hydroxyl groups is 2. The molecule has 3 heteroatoms. The van der Waals surface area contributed by atoms with Gasteiger partial charge in [-0.25, -0.2) is 0 Å². The molecule has 0 amide bonds. The van der Waals surface area contributed by atoms with Crippen LogP contribution in [0.4, 0.5) is 0 Å². The quantitative estimate of drug-likeness (QED) is 0.564. The Hall–Kier alpha value is 0.650. The molecule has 0 rings (SSSR count). The molecule has 0 unspecified atom stereocenters. The lowest BCUT2D eigenvalue weighted by molar-refractivity contribution is 0.265. The molecule has 0 saturated carbocycles. The van der Waals surface area contributed by atoms with E-state index in [1.54, 1.807) is 0 Å². The lowest BCUT2D eigenvalue weighted by atomic mass is 10.2. The first-order chi connectivity index (χ1) is 3.91. The summed E-state index contributed by atoms with van der Waals surface area (Å²) in [4.78, 5) is 0. The molecule has 0 aromatic rings. The Bertz CT molecular complexity index is 36.0. The highest BCUT2D eigenvalue weighted by Gasteiger charge is 1.84. The standard InChI is InChI=1S/C6H14O2.HI/c7-5-3-1-2-4-6-8;/h7-8H,1-6H2;1H. The van der Waals surface area contributed by atoms with Crippen molar-refractivity contribution in [1.82, 2.24) is 0 Å². The van der Waals surface area contributed by atoms with Crippen LogP contribution in [-0.2, 0) is 0 Å². The molecular formula is C6H15IO2. The topological polar surface area (TPSA) is 40.5 Å². The summed E-state index contributed by atoms with van der Waals surface area (Å²) in [5, 5.41) is 16.6. The maximum absolute atomic E-state index is 8.30. The fraction of sp³-hybridized carbons (Fsp3) is 1.00. The van der Waals surface area contributed by atoms with Crippen LogP contribution in [-0.4, -0.2) is 23.4 Å². The highest BCUT2D eigenvalue weighted by molar-refractivity contribution is 14.0. The van der Waals surface area contributed by atoms with Crippen molar-refractivity contribution in [3.8, 4) is 0 Å². The van der Waals surface area contributed by atoms with Crippen molar-refractivity contribution in [1.29, 1.82) is 0 Å². The summed E-state index contributed by atoms with van der Waals surface area (Å²) in [5.41, 5.74) is 0. The minimum atomic E-state index is 0. The predicted molar refractivity (Wildman–Crippen MR) is 48.1 cm³/mol. The maximum Gasteiger partial charge on any atom is 0.0431 e. The Morgan fingerprint density at radius 2 is 1.00 bits per heavy atom. The van der Waals surface area contributed by atoms with Gasteiger partial charge in [0.25, 0.3) is 0 Å². The van der Waals surface area contributed by atoms with Gasteiger partial charge in [0.05, 0.1) is 0 Å². The van der Waals surface area contributed by atoms with Gasteiger partial charge in [-0.3, -0.25) is 0 Å². The Morgan fingerprint density at radius 1 is 0.667 bits per heavy atom. The van der Waals surface area contributed by atoms with E-state index in [0.29, 0.717) is 0 Å². The number of unbranched alkanes of at least 4 members (excludes halogenated alkanes) is 3. The second-order valence-corrected chi connectivity index (χ2v) is 1.86. The number of rotatable bonds is 5. The van der Waals surface area contributed by atoms with Crippen molar-refractivity contribution in [2.45, 2.75) is 25.7 Å². The zero-order valence-corrected chi connectivity index (χ0v) is 7.88. The van der Waals surface area contributed by atoms with Crippen molar-refractivity contribution in [2.75, 3.05) is 13.2 Å². The van der Waals surface area contributed by atoms with Crippen LogP contribution in [0.2, 0.25) is 0 Å². The third-order valence-electron chi connectivity index (χ3n) is 1.07. The molecule has 2 nitrogen and oxygen atoms in total. The first kappa shape index (κ1) is 12.3. The van der Waals surface area contributed by atoms with E-state index in [2.05, 4.69) is 0 Å². The molecule has 0 saturated heterocycles. The summed E-state index contributed by atoms with van der Waals surface area (Å²) < 4.78 is 0. The van der Waals surface area contributed by atoms with Crippen molar-refractivity contribution in [3.05, 3.63) is 0 Å². The molecule has 9 heavy (non-hydrogen) atoms. The van der Waals surface area contributed by atoms with Crippen LogP contribution < -0.4 is 0 Å². The molecular weight excluding hydrogens is 231 g/mol. The molecule has 0 aromatic carbocycles. The van der Waals surface area contributed by atoms with Crippen LogP contribution >= 0.6 is 24.0 Å². The van der Waals surface area contributed by atoms with Crippen molar-refractivity contribution in [3.63, 3.8) is 0 Å². The van der Waals surface area contributed by atoms with E-state index in [1.807, 2.05) is 0 Å². The molecule has 0 aromatic heterocycles. The molecule has 0 fully saturated rings. The second kappa shape index (κ2) is 11.4. The van der Waals surface area contributed by atoms with Gasteiger partial charge in [0.2, 0.25) is 0 Å². The lowest BCUT2D eigenvalue weighted by Crippen LogP contribution is -1.85. The highest BCUT2D eigenvalue weighted by Crippen LogP contribution is 1.96. The van der Waals surface area contributed by atoms with Crippen molar-refractivity contribution < 1.29 is 10.2 Å². The van der Waals surface area contributed by atoms with Gasteiger partial charge in [0, 0.05) is 13.2 Å². The van der Waals surface area contributed by atoms with E-state index in [1.165, 1.54) is 0 Å². The second-order valence-electron chi connectivity index (χ2n) is 1.86. The summed E-state index contributed by atoms with van der Waals surface area (Å²) in [6.07, 6.45) is 3.83. The molecule has 0 aliphatic carbocycles. The van der Waals surface area contributed by atoms with E-state index in [-0.39, 0.29) is 37.2 Å². The Balaban J connectivity index is 0. The first-order valence-corrected chi connectivity index (χ1v) is 3.13. The van der Waals surface area contributed by atoms with Gasteiger partial charge >= 0.3 is 0 Å². The SMILES string of the molecule is I.OCCCCCCO. The van der Waals surface area contributed by atoms with E-state index in [4.69, 9.17) is 10.2 Å². The normalized spacial score (nSPS) is 8.67. The Labute approximate surface area is 73.3 Å². The number of hydrogen-bond acceptors (Lipinski definition) is 2. The smallest absolute Gasteiger partial charge is 0.0431 e. The number of aliphatic hydroxyl groups excluding tert-OH is 2. The minimum Gasteiger partial charge on any atom is -0.396 e. The third kappa shape index (κ3) is 12.0. The molecule has 0 heterocycles. The predicted octanol–water partition coefficient (Wildman–Crippen LogP) is 1.15. The summed E-state index contributed by atoms with van der Waals surface area (Å²) in [6.45, 7) is 0.566. The van der Waals surface area contributed by atoms with Gasteiger partial charge in [0.15, 0.2) is 0 Å². The average Bonchev–Trinajstić information content (AvgIpc) is 1.81. The van der Waals surface area contributed by atoms with Gasteiger partial charge in [-0.1, -0.05) is 12.8 Å². The van der Waals surface area contributed by atoms with E-state index < -0.39 is 0 Å². The van der Waals surface area contributed by atoms with Gasteiger partial charge < -0.3 is 10.2 Å². The summed E-state index contributed by atoms with van der Waals surface area (Å²) in [7, 11) is 0. The molecule has 0 bridgehead atoms. The van der Waals surface area contributed by atoms with Crippen LogP contribution in [0.3, 0.4) is 0 Å². The Morgan fingerprint density at radius 3 is 1.22 bits per heavy atom. The van der Waals surface area contributed by atoms with Crippen LogP contribution in [0, 0.1) is 0 Å². The number of hydrogen-bond donors (Lipinski definition) is 2. The van der Waals surface area contributed by atoms with Gasteiger partial charge in [-0.05, 0) is 12.8 Å². The van der Waals surface area contributed by atoms with Crippen LogP contribution in [0.5, 0.6) is 0 Å². The first-order valence-electron chi connectivity index (χ1n) is 3.13. The van der Waals surface area contributed by atoms with Gasteiger partial charge in [0.1, 0.15) is 0 Å². The summed E-state index contributed by atoms with van der Waals surface area (Å²) in [5.74, 6) is 0. The zero-order valence-electron chi connectivity index (χ0n) is 5.55. The summed E-state index contributed by atoms with van der Waals surface area (Å²) in [6, 6.07) is 0. The van der Waals surface area contributed by atoms with E-state index in [9.17, 15) is 0 Å². The molecule has 0 aliphatic heterocycles. The molecule has 0 radical (unpaired) electrons. The van der Waals surface area contributed by atoms with E-state index >= 15 is 0 Å². The molecule has 0 spiro atoms. The van der Waals surface area contributed by atoms with Gasteiger partial charge in [-0.2, -0.15) is 0 Å². The van der Waals surface area contributed by atoms with Crippen LogP contribution in [0.1, 0.15) is 25.7 Å². The fourth-order valence-electron chi connectivity index (χ4n) is 0.577. The highest BCUT2D eigenvalue weighted by atomic mass is 127. The average molecular weight is 246 g/mol. The van der Waals surface area contributed by atoms with Crippen LogP contribution in [0.25, 0.3) is 0 Å². The van der Waals surface area contributed by atoms with Crippen LogP contribution in [0.15, 0.2) is 0 Å². The number of halogens is 1. The Kier molecular flexibility index (Phi) is 15.7. The largest absolute Gasteiger partial charge is 0.396 e. The molecule has 2 N–H and O–H groups in total. The van der Waals surface area contributed by atoms with Crippen molar-refractivity contribution in [2.24, 2.45) is 0 Å².